The molecule has 0 amide bonds. The third-order valence-corrected chi connectivity index (χ3v) is 3.73. The van der Waals surface area contributed by atoms with Gasteiger partial charge in [0.2, 0.25) is 0 Å². The van der Waals surface area contributed by atoms with Gasteiger partial charge in [-0.2, -0.15) is 5.10 Å². The van der Waals surface area contributed by atoms with Gasteiger partial charge in [-0.05, 0) is 24.0 Å². The summed E-state index contributed by atoms with van der Waals surface area (Å²) < 4.78 is 0. The molecule has 3 N–H and O–H groups in total. The minimum atomic E-state index is 0.784. The van der Waals surface area contributed by atoms with Crippen molar-refractivity contribution in [1.82, 2.24) is 10.2 Å². The number of benzene rings is 1. The number of hydrogen-bond donors (Lipinski definition) is 2. The van der Waals surface area contributed by atoms with Gasteiger partial charge < -0.3 is 5.73 Å². The van der Waals surface area contributed by atoms with Gasteiger partial charge in [0, 0.05) is 30.5 Å². The zero-order valence-corrected chi connectivity index (χ0v) is 11.6. The highest BCUT2D eigenvalue weighted by Crippen LogP contribution is 2.29. The summed E-state index contributed by atoms with van der Waals surface area (Å²) in [5.41, 5.74) is 12.7. The SMILES string of the molecule is CN=C(Cc1ccccc1)C1=C(N)CCc2cn[nH]c21. The molecule has 0 aliphatic heterocycles. The van der Waals surface area contributed by atoms with E-state index >= 15 is 0 Å². The van der Waals surface area contributed by atoms with Crippen LogP contribution in [-0.4, -0.2) is 23.0 Å². The molecule has 3 rings (SSSR count). The molecule has 4 nitrogen and oxygen atoms in total. The standard InChI is InChI=1S/C16H18N4/c1-18-14(9-11-5-3-2-4-6-11)15-13(17)8-7-12-10-19-20-16(12)15/h2-6,10H,7-9,17H2,1H3,(H,19,20). The summed E-state index contributed by atoms with van der Waals surface area (Å²) in [4.78, 5) is 4.47. The Bertz CT molecular complexity index is 665. The van der Waals surface area contributed by atoms with Gasteiger partial charge >= 0.3 is 0 Å². The van der Waals surface area contributed by atoms with Crippen LogP contribution < -0.4 is 5.73 Å². The average molecular weight is 266 g/mol. The van der Waals surface area contributed by atoms with Gasteiger partial charge in [0.25, 0.3) is 0 Å². The first-order valence-electron chi connectivity index (χ1n) is 6.80. The molecule has 20 heavy (non-hydrogen) atoms. The second kappa shape index (κ2) is 5.33. The Morgan fingerprint density at radius 1 is 1.30 bits per heavy atom. The van der Waals surface area contributed by atoms with E-state index in [0.717, 1.165) is 41.9 Å². The number of aliphatic imine (C=N–C) groups is 1. The van der Waals surface area contributed by atoms with Gasteiger partial charge in [-0.15, -0.1) is 0 Å². The van der Waals surface area contributed by atoms with Crippen molar-refractivity contribution in [2.75, 3.05) is 7.05 Å². The number of nitrogens with zero attached hydrogens (tertiary/aromatic N) is 2. The normalized spacial score (nSPS) is 15.3. The van der Waals surface area contributed by atoms with Gasteiger partial charge in [0.15, 0.2) is 0 Å². The number of allylic oxidation sites excluding steroid dienone is 2. The second-order valence-corrected chi connectivity index (χ2v) is 5.00. The molecule has 1 aromatic heterocycles. The first-order valence-corrected chi connectivity index (χ1v) is 6.80. The number of fused-ring (bicyclic) bond motifs is 1. The molecule has 0 atom stereocenters. The van der Waals surface area contributed by atoms with Crippen LogP contribution in [-0.2, 0) is 12.8 Å². The summed E-state index contributed by atoms with van der Waals surface area (Å²) in [6, 6.07) is 10.3. The van der Waals surface area contributed by atoms with Gasteiger partial charge in [-0.3, -0.25) is 10.1 Å². The third kappa shape index (κ3) is 2.25. The van der Waals surface area contributed by atoms with Crippen molar-refractivity contribution in [3.05, 3.63) is 59.0 Å². The molecular formula is C16H18N4. The molecule has 0 saturated carbocycles. The highest BCUT2D eigenvalue weighted by atomic mass is 15.1. The van der Waals surface area contributed by atoms with Crippen molar-refractivity contribution in [2.45, 2.75) is 19.3 Å². The molecule has 4 heteroatoms. The van der Waals surface area contributed by atoms with E-state index < -0.39 is 0 Å². The van der Waals surface area contributed by atoms with Crippen LogP contribution in [0.5, 0.6) is 0 Å². The van der Waals surface area contributed by atoms with Crippen LogP contribution in [0.15, 0.2) is 47.2 Å². The van der Waals surface area contributed by atoms with E-state index in [0.29, 0.717) is 0 Å². The summed E-state index contributed by atoms with van der Waals surface area (Å²) in [7, 11) is 1.82. The fraction of sp³-hybridized carbons (Fsp3) is 0.250. The zero-order chi connectivity index (χ0) is 13.9. The van der Waals surface area contributed by atoms with Gasteiger partial charge in [-0.25, -0.2) is 0 Å². The van der Waals surface area contributed by atoms with Crippen LogP contribution in [0.1, 0.15) is 23.2 Å². The topological polar surface area (TPSA) is 67.1 Å². The summed E-state index contributed by atoms with van der Waals surface area (Å²) in [5, 5.41) is 7.21. The summed E-state index contributed by atoms with van der Waals surface area (Å²) in [6.07, 6.45) is 4.49. The lowest BCUT2D eigenvalue weighted by Gasteiger charge is -2.19. The Labute approximate surface area is 118 Å². The number of aromatic amines is 1. The number of hydrogen-bond acceptors (Lipinski definition) is 3. The maximum absolute atomic E-state index is 6.23. The quantitative estimate of drug-likeness (QED) is 0.837. The van der Waals surface area contributed by atoms with E-state index in [1.54, 1.807) is 0 Å². The number of nitrogens with one attached hydrogen (secondary N) is 1. The van der Waals surface area contributed by atoms with Gasteiger partial charge in [-0.1, -0.05) is 30.3 Å². The maximum Gasteiger partial charge on any atom is 0.0717 e. The number of nitrogens with two attached hydrogens (primary N) is 1. The van der Waals surface area contributed by atoms with E-state index in [9.17, 15) is 0 Å². The second-order valence-electron chi connectivity index (χ2n) is 5.00. The Balaban J connectivity index is 1.98. The molecule has 0 fully saturated rings. The van der Waals surface area contributed by atoms with Crippen LogP contribution in [0.4, 0.5) is 0 Å². The minimum Gasteiger partial charge on any atom is -0.401 e. The zero-order valence-electron chi connectivity index (χ0n) is 11.6. The molecule has 1 heterocycles. The van der Waals surface area contributed by atoms with E-state index in [2.05, 4.69) is 27.3 Å². The van der Waals surface area contributed by atoms with Crippen LogP contribution in [0.25, 0.3) is 5.57 Å². The Morgan fingerprint density at radius 2 is 2.10 bits per heavy atom. The number of aryl methyl sites for hydroxylation is 1. The van der Waals surface area contributed by atoms with E-state index in [4.69, 9.17) is 5.73 Å². The first-order chi connectivity index (χ1) is 9.79. The molecule has 0 spiro atoms. The van der Waals surface area contributed by atoms with Crippen LogP contribution >= 0.6 is 0 Å². The number of rotatable bonds is 3. The lowest BCUT2D eigenvalue weighted by Crippen LogP contribution is -2.18. The monoisotopic (exact) mass is 266 g/mol. The average Bonchev–Trinajstić information content (AvgIpc) is 2.95. The molecule has 1 aromatic carbocycles. The minimum absolute atomic E-state index is 0.784. The maximum atomic E-state index is 6.23. The lowest BCUT2D eigenvalue weighted by atomic mass is 9.89. The summed E-state index contributed by atoms with van der Waals surface area (Å²) >= 11 is 0. The molecule has 1 aliphatic rings. The fourth-order valence-electron chi connectivity index (χ4n) is 2.67. The van der Waals surface area contributed by atoms with Crippen molar-refractivity contribution >= 4 is 11.3 Å². The first kappa shape index (κ1) is 12.7. The Hall–Kier alpha value is -2.36. The molecule has 0 radical (unpaired) electrons. The van der Waals surface area contributed by atoms with Crippen molar-refractivity contribution in [3.63, 3.8) is 0 Å². The number of aromatic nitrogens is 2. The summed E-state index contributed by atoms with van der Waals surface area (Å²) in [6.45, 7) is 0. The Morgan fingerprint density at radius 3 is 2.85 bits per heavy atom. The fourth-order valence-corrected chi connectivity index (χ4v) is 2.67. The molecule has 0 saturated heterocycles. The third-order valence-electron chi connectivity index (χ3n) is 3.73. The van der Waals surface area contributed by atoms with Crippen LogP contribution in [0, 0.1) is 0 Å². The molecule has 1 aliphatic carbocycles. The lowest BCUT2D eigenvalue weighted by molar-refractivity contribution is 0.905. The molecular weight excluding hydrogens is 248 g/mol. The van der Waals surface area contributed by atoms with Crippen LogP contribution in [0.3, 0.4) is 0 Å². The van der Waals surface area contributed by atoms with Crippen LogP contribution in [0.2, 0.25) is 0 Å². The number of H-pyrrole nitrogens is 1. The highest BCUT2D eigenvalue weighted by molar-refractivity contribution is 6.25. The van der Waals surface area contributed by atoms with Crippen molar-refractivity contribution in [2.24, 2.45) is 10.7 Å². The van der Waals surface area contributed by atoms with Gasteiger partial charge in [0.05, 0.1) is 11.9 Å². The molecule has 0 bridgehead atoms. The van der Waals surface area contributed by atoms with E-state index in [-0.39, 0.29) is 0 Å². The predicted molar refractivity (Wildman–Crippen MR) is 81.5 cm³/mol. The summed E-state index contributed by atoms with van der Waals surface area (Å²) in [5.74, 6) is 0. The largest absolute Gasteiger partial charge is 0.401 e. The van der Waals surface area contributed by atoms with Crippen molar-refractivity contribution in [1.29, 1.82) is 0 Å². The predicted octanol–water partition coefficient (Wildman–Crippen LogP) is 2.34. The highest BCUT2D eigenvalue weighted by Gasteiger charge is 2.22. The molecule has 102 valence electrons. The molecule has 2 aromatic rings. The van der Waals surface area contributed by atoms with E-state index in [1.807, 2.05) is 31.4 Å². The van der Waals surface area contributed by atoms with Crippen molar-refractivity contribution < 1.29 is 0 Å². The van der Waals surface area contributed by atoms with Crippen molar-refractivity contribution in [3.8, 4) is 0 Å². The van der Waals surface area contributed by atoms with Gasteiger partial charge in [0.1, 0.15) is 0 Å². The Kier molecular flexibility index (Phi) is 3.37. The molecule has 0 unspecified atom stereocenters. The smallest absolute Gasteiger partial charge is 0.0717 e. The van der Waals surface area contributed by atoms with E-state index in [1.165, 1.54) is 11.1 Å².